The highest BCUT2D eigenvalue weighted by molar-refractivity contribution is 5.20. The fourth-order valence-corrected chi connectivity index (χ4v) is 1.38. The molecule has 3 heteroatoms. The van der Waals surface area contributed by atoms with E-state index in [2.05, 4.69) is 0 Å². The molecular weight excluding hydrogens is 183 g/mol. The lowest BCUT2D eigenvalue weighted by atomic mass is 9.97. The molecule has 0 aliphatic carbocycles. The van der Waals surface area contributed by atoms with Gasteiger partial charge in [0, 0.05) is 19.6 Å². The Balaban J connectivity index is 2.68. The lowest BCUT2D eigenvalue weighted by Gasteiger charge is -2.13. The van der Waals surface area contributed by atoms with Crippen LogP contribution in [-0.4, -0.2) is 25.4 Å². The van der Waals surface area contributed by atoms with Gasteiger partial charge in [0.15, 0.2) is 0 Å². The first kappa shape index (κ1) is 11.1. The zero-order valence-electron chi connectivity index (χ0n) is 8.24. The van der Waals surface area contributed by atoms with Crippen molar-refractivity contribution in [2.45, 2.75) is 12.3 Å². The monoisotopic (exact) mass is 198 g/mol. The molecule has 0 amide bonds. The van der Waals surface area contributed by atoms with Crippen molar-refractivity contribution in [3.63, 3.8) is 0 Å². The van der Waals surface area contributed by atoms with Crippen molar-refractivity contribution in [1.82, 2.24) is 0 Å². The van der Waals surface area contributed by atoms with Gasteiger partial charge in [-0.3, -0.25) is 0 Å². The Hall–Kier alpha value is -0.930. The van der Waals surface area contributed by atoms with Crippen molar-refractivity contribution in [2.75, 3.05) is 20.3 Å². The van der Waals surface area contributed by atoms with Crippen molar-refractivity contribution < 1.29 is 14.2 Å². The second-order valence-electron chi connectivity index (χ2n) is 3.22. The predicted molar refractivity (Wildman–Crippen MR) is 52.7 cm³/mol. The fourth-order valence-electron chi connectivity index (χ4n) is 1.38. The molecule has 1 aromatic rings. The standard InChI is InChI=1S/C11H15FO2/c1-14-6-5-10(8-13)9-3-2-4-11(12)7-9/h2-4,7,10,13H,5-6,8H2,1H3. The summed E-state index contributed by atoms with van der Waals surface area (Å²) in [5.41, 5.74) is 0.824. The van der Waals surface area contributed by atoms with Gasteiger partial charge in [0.2, 0.25) is 0 Å². The molecule has 1 rings (SSSR count). The van der Waals surface area contributed by atoms with Crippen LogP contribution in [0.3, 0.4) is 0 Å². The third-order valence-corrected chi connectivity index (χ3v) is 2.21. The van der Waals surface area contributed by atoms with Crippen molar-refractivity contribution in [1.29, 1.82) is 0 Å². The molecule has 0 aromatic heterocycles. The molecule has 1 aromatic carbocycles. The topological polar surface area (TPSA) is 29.5 Å². The number of aliphatic hydroxyl groups is 1. The minimum absolute atomic E-state index is 0.0206. The predicted octanol–water partition coefficient (Wildman–Crippen LogP) is 1.94. The van der Waals surface area contributed by atoms with Crippen LogP contribution < -0.4 is 0 Å². The Labute approximate surface area is 83.3 Å². The average Bonchev–Trinajstić information content (AvgIpc) is 2.19. The summed E-state index contributed by atoms with van der Waals surface area (Å²) in [4.78, 5) is 0. The third-order valence-electron chi connectivity index (χ3n) is 2.21. The molecule has 0 saturated carbocycles. The summed E-state index contributed by atoms with van der Waals surface area (Å²) >= 11 is 0. The van der Waals surface area contributed by atoms with Gasteiger partial charge in [-0.05, 0) is 24.1 Å². The van der Waals surface area contributed by atoms with E-state index in [1.807, 2.05) is 6.07 Å². The largest absolute Gasteiger partial charge is 0.396 e. The third kappa shape index (κ3) is 3.09. The van der Waals surface area contributed by atoms with E-state index < -0.39 is 0 Å². The minimum Gasteiger partial charge on any atom is -0.396 e. The lowest BCUT2D eigenvalue weighted by Crippen LogP contribution is -2.07. The van der Waals surface area contributed by atoms with Crippen LogP contribution in [0.1, 0.15) is 17.9 Å². The van der Waals surface area contributed by atoms with Crippen LogP contribution in [0.5, 0.6) is 0 Å². The van der Waals surface area contributed by atoms with Gasteiger partial charge in [0.05, 0.1) is 6.61 Å². The summed E-state index contributed by atoms with van der Waals surface area (Å²) < 4.78 is 17.8. The van der Waals surface area contributed by atoms with Crippen LogP contribution in [0.25, 0.3) is 0 Å². The summed E-state index contributed by atoms with van der Waals surface area (Å²) in [7, 11) is 1.61. The smallest absolute Gasteiger partial charge is 0.123 e. The molecule has 0 spiro atoms. The number of rotatable bonds is 5. The number of hydrogen-bond acceptors (Lipinski definition) is 2. The van der Waals surface area contributed by atoms with Gasteiger partial charge in [-0.25, -0.2) is 4.39 Å². The highest BCUT2D eigenvalue weighted by Gasteiger charge is 2.10. The van der Waals surface area contributed by atoms with Crippen molar-refractivity contribution in [3.8, 4) is 0 Å². The molecule has 0 saturated heterocycles. The van der Waals surface area contributed by atoms with Gasteiger partial charge in [0.1, 0.15) is 5.82 Å². The number of ether oxygens (including phenoxy) is 1. The normalized spacial score (nSPS) is 12.8. The molecule has 0 aliphatic rings. The highest BCUT2D eigenvalue weighted by Crippen LogP contribution is 2.19. The summed E-state index contributed by atoms with van der Waals surface area (Å²) in [6, 6.07) is 6.32. The van der Waals surface area contributed by atoms with Gasteiger partial charge < -0.3 is 9.84 Å². The first-order chi connectivity index (χ1) is 6.77. The fraction of sp³-hybridized carbons (Fsp3) is 0.455. The van der Waals surface area contributed by atoms with Crippen LogP contribution in [-0.2, 0) is 4.74 Å². The van der Waals surface area contributed by atoms with Gasteiger partial charge in [-0.2, -0.15) is 0 Å². The van der Waals surface area contributed by atoms with E-state index in [4.69, 9.17) is 9.84 Å². The second kappa shape index (κ2) is 5.73. The minimum atomic E-state index is -0.265. The van der Waals surface area contributed by atoms with Crippen LogP contribution in [0.2, 0.25) is 0 Å². The summed E-state index contributed by atoms with van der Waals surface area (Å²) in [5, 5.41) is 9.12. The Morgan fingerprint density at radius 3 is 2.86 bits per heavy atom. The molecule has 14 heavy (non-hydrogen) atoms. The van der Waals surface area contributed by atoms with Gasteiger partial charge in [-0.1, -0.05) is 12.1 Å². The number of hydrogen-bond donors (Lipinski definition) is 1. The number of halogens is 1. The summed E-state index contributed by atoms with van der Waals surface area (Å²) in [5.74, 6) is -0.302. The molecule has 1 unspecified atom stereocenters. The lowest BCUT2D eigenvalue weighted by molar-refractivity contribution is 0.169. The SMILES string of the molecule is COCCC(CO)c1cccc(F)c1. The van der Waals surface area contributed by atoms with Crippen LogP contribution in [0.15, 0.2) is 24.3 Å². The maximum Gasteiger partial charge on any atom is 0.123 e. The van der Waals surface area contributed by atoms with Crippen LogP contribution in [0.4, 0.5) is 4.39 Å². The summed E-state index contributed by atoms with van der Waals surface area (Å²) in [6.07, 6.45) is 0.705. The van der Waals surface area contributed by atoms with Crippen molar-refractivity contribution in [2.24, 2.45) is 0 Å². The molecule has 1 N–H and O–H groups in total. The second-order valence-corrected chi connectivity index (χ2v) is 3.22. The van der Waals surface area contributed by atoms with E-state index in [0.717, 1.165) is 5.56 Å². The first-order valence-electron chi connectivity index (χ1n) is 4.63. The van der Waals surface area contributed by atoms with E-state index in [1.54, 1.807) is 13.2 Å². The van der Waals surface area contributed by atoms with E-state index in [-0.39, 0.29) is 18.3 Å². The van der Waals surface area contributed by atoms with Crippen LogP contribution >= 0.6 is 0 Å². The number of aliphatic hydroxyl groups excluding tert-OH is 1. The van der Waals surface area contributed by atoms with Gasteiger partial charge >= 0.3 is 0 Å². The molecule has 0 radical (unpaired) electrons. The van der Waals surface area contributed by atoms with Crippen molar-refractivity contribution >= 4 is 0 Å². The summed E-state index contributed by atoms with van der Waals surface area (Å²) in [6.45, 7) is 0.592. The van der Waals surface area contributed by atoms with E-state index in [9.17, 15) is 4.39 Å². The van der Waals surface area contributed by atoms with Crippen molar-refractivity contribution in [3.05, 3.63) is 35.6 Å². The van der Waals surface area contributed by atoms with E-state index in [0.29, 0.717) is 13.0 Å². The Morgan fingerprint density at radius 2 is 2.29 bits per heavy atom. The Morgan fingerprint density at radius 1 is 1.50 bits per heavy atom. The maximum atomic E-state index is 12.9. The molecule has 0 aliphatic heterocycles. The molecule has 2 nitrogen and oxygen atoms in total. The number of benzene rings is 1. The van der Waals surface area contributed by atoms with E-state index >= 15 is 0 Å². The van der Waals surface area contributed by atoms with Gasteiger partial charge in [-0.15, -0.1) is 0 Å². The van der Waals surface area contributed by atoms with Crippen LogP contribution in [0, 0.1) is 5.82 Å². The first-order valence-corrected chi connectivity index (χ1v) is 4.63. The molecule has 1 atom stereocenters. The molecule has 0 bridgehead atoms. The molecule has 0 heterocycles. The molecular formula is C11H15FO2. The average molecular weight is 198 g/mol. The Kier molecular flexibility index (Phi) is 4.56. The highest BCUT2D eigenvalue weighted by atomic mass is 19.1. The zero-order chi connectivity index (χ0) is 10.4. The van der Waals surface area contributed by atoms with E-state index in [1.165, 1.54) is 12.1 Å². The number of methoxy groups -OCH3 is 1. The maximum absolute atomic E-state index is 12.9. The quantitative estimate of drug-likeness (QED) is 0.783. The molecule has 78 valence electrons. The zero-order valence-corrected chi connectivity index (χ0v) is 8.24. The van der Waals surface area contributed by atoms with Gasteiger partial charge in [0.25, 0.3) is 0 Å². The molecule has 0 fully saturated rings. The Bertz CT molecular complexity index is 276.